The van der Waals surface area contributed by atoms with Crippen LogP contribution in [-0.2, 0) is 14.3 Å². The summed E-state index contributed by atoms with van der Waals surface area (Å²) in [6.07, 6.45) is 1.45. The summed E-state index contributed by atoms with van der Waals surface area (Å²) >= 11 is 5.98. The summed E-state index contributed by atoms with van der Waals surface area (Å²) in [4.78, 5) is 21.8. The van der Waals surface area contributed by atoms with Gasteiger partial charge in [-0.05, 0) is 19.1 Å². The summed E-state index contributed by atoms with van der Waals surface area (Å²) in [6.45, 7) is 1.51. The van der Waals surface area contributed by atoms with Crippen LogP contribution in [0.4, 0.5) is 0 Å². The van der Waals surface area contributed by atoms with Gasteiger partial charge in [0.15, 0.2) is 6.10 Å². The fraction of sp³-hybridized carbons (Fsp3) is 0.231. The van der Waals surface area contributed by atoms with Gasteiger partial charge >= 0.3 is 11.9 Å². The Hall–Kier alpha value is -2.01. The van der Waals surface area contributed by atoms with E-state index in [4.69, 9.17) is 21.4 Å². The second-order valence-electron chi connectivity index (χ2n) is 3.61. The number of carboxylic acids is 1. The van der Waals surface area contributed by atoms with Gasteiger partial charge in [0.05, 0.1) is 12.1 Å². The zero-order chi connectivity index (χ0) is 14.4. The Morgan fingerprint density at radius 1 is 1.42 bits per heavy atom. The molecule has 19 heavy (non-hydrogen) atoms. The first-order valence-corrected chi connectivity index (χ1v) is 5.77. The van der Waals surface area contributed by atoms with Gasteiger partial charge in [0.1, 0.15) is 5.75 Å². The summed E-state index contributed by atoms with van der Waals surface area (Å²) in [5.41, 5.74) is 0.464. The number of carbonyl (C=O) groups excluding carboxylic acids is 1. The number of methoxy groups -OCH3 is 1. The molecule has 0 radical (unpaired) electrons. The van der Waals surface area contributed by atoms with E-state index in [2.05, 4.69) is 4.74 Å². The first kappa shape index (κ1) is 15.0. The third-order valence-corrected chi connectivity index (χ3v) is 2.53. The molecule has 0 heterocycles. The van der Waals surface area contributed by atoms with Crippen molar-refractivity contribution >= 4 is 29.6 Å². The molecule has 0 aliphatic heterocycles. The van der Waals surface area contributed by atoms with Gasteiger partial charge in [-0.1, -0.05) is 23.7 Å². The summed E-state index contributed by atoms with van der Waals surface area (Å²) in [7, 11) is 1.25. The van der Waals surface area contributed by atoms with Gasteiger partial charge in [0.25, 0.3) is 0 Å². The van der Waals surface area contributed by atoms with Crippen LogP contribution in [0.25, 0.3) is 6.08 Å². The molecular weight excluding hydrogens is 272 g/mol. The second kappa shape index (κ2) is 6.80. The molecule has 0 aromatic heterocycles. The number of aliphatic carboxylic acids is 1. The van der Waals surface area contributed by atoms with E-state index in [1.165, 1.54) is 20.1 Å². The minimum atomic E-state index is -1.09. The number of ether oxygens (including phenoxy) is 2. The number of rotatable bonds is 5. The number of carboxylic acid groups (broad SMARTS) is 1. The van der Waals surface area contributed by atoms with Gasteiger partial charge in [-0.15, -0.1) is 0 Å². The zero-order valence-electron chi connectivity index (χ0n) is 10.4. The molecule has 1 unspecified atom stereocenters. The Kier molecular flexibility index (Phi) is 5.38. The highest BCUT2D eigenvalue weighted by Gasteiger charge is 2.18. The fourth-order valence-corrected chi connectivity index (χ4v) is 1.56. The van der Waals surface area contributed by atoms with Gasteiger partial charge < -0.3 is 14.6 Å². The van der Waals surface area contributed by atoms with Crippen molar-refractivity contribution in [2.24, 2.45) is 0 Å². The molecule has 1 N–H and O–H groups in total. The number of esters is 1. The maximum absolute atomic E-state index is 11.3. The van der Waals surface area contributed by atoms with Gasteiger partial charge in [-0.2, -0.15) is 0 Å². The number of benzene rings is 1. The predicted octanol–water partition coefficient (Wildman–Crippen LogP) is 2.38. The van der Waals surface area contributed by atoms with E-state index in [9.17, 15) is 9.59 Å². The van der Waals surface area contributed by atoms with Gasteiger partial charge in [0.2, 0.25) is 0 Å². The monoisotopic (exact) mass is 284 g/mol. The lowest BCUT2D eigenvalue weighted by atomic mass is 10.2. The van der Waals surface area contributed by atoms with E-state index >= 15 is 0 Å². The van der Waals surface area contributed by atoms with Crippen LogP contribution in [0.1, 0.15) is 12.5 Å². The quantitative estimate of drug-likeness (QED) is 0.664. The highest BCUT2D eigenvalue weighted by Crippen LogP contribution is 2.30. The van der Waals surface area contributed by atoms with Crippen molar-refractivity contribution in [3.05, 3.63) is 34.9 Å². The molecule has 6 heteroatoms. The fourth-order valence-electron chi connectivity index (χ4n) is 1.33. The van der Waals surface area contributed by atoms with Gasteiger partial charge in [-0.3, -0.25) is 0 Å². The van der Waals surface area contributed by atoms with Crippen LogP contribution < -0.4 is 4.74 Å². The lowest BCUT2D eigenvalue weighted by Crippen LogP contribution is -2.25. The van der Waals surface area contributed by atoms with E-state index in [1.807, 2.05) is 0 Å². The van der Waals surface area contributed by atoms with Gasteiger partial charge in [0, 0.05) is 11.6 Å². The Bertz CT molecular complexity index is 510. The molecule has 1 aromatic rings. The lowest BCUT2D eigenvalue weighted by molar-refractivity contribution is -0.147. The highest BCUT2D eigenvalue weighted by atomic mass is 35.5. The number of para-hydroxylation sites is 1. The molecule has 102 valence electrons. The number of hydrogen-bond acceptors (Lipinski definition) is 4. The molecule has 0 fully saturated rings. The van der Waals surface area contributed by atoms with Crippen molar-refractivity contribution < 1.29 is 24.2 Å². The van der Waals surface area contributed by atoms with E-state index < -0.39 is 18.0 Å². The smallest absolute Gasteiger partial charge is 0.346 e. The first-order valence-electron chi connectivity index (χ1n) is 5.39. The molecule has 5 nitrogen and oxygen atoms in total. The molecular formula is C13H13ClO5. The Balaban J connectivity index is 3.04. The zero-order valence-corrected chi connectivity index (χ0v) is 11.2. The van der Waals surface area contributed by atoms with Crippen LogP contribution >= 0.6 is 11.6 Å². The molecule has 1 atom stereocenters. The van der Waals surface area contributed by atoms with Crippen molar-refractivity contribution in [3.63, 3.8) is 0 Å². The normalized spacial score (nSPS) is 12.2. The van der Waals surface area contributed by atoms with Crippen LogP contribution in [0.15, 0.2) is 24.3 Å². The third kappa shape index (κ3) is 4.30. The van der Waals surface area contributed by atoms with Crippen molar-refractivity contribution in [3.8, 4) is 5.75 Å². The number of hydrogen-bond donors (Lipinski definition) is 1. The predicted molar refractivity (Wildman–Crippen MR) is 70.2 cm³/mol. The van der Waals surface area contributed by atoms with Crippen LogP contribution in [0.2, 0.25) is 5.02 Å². The largest absolute Gasteiger partial charge is 0.478 e. The summed E-state index contributed by atoms with van der Waals surface area (Å²) in [6, 6.07) is 4.86. The number of carbonyl (C=O) groups is 2. The summed E-state index contributed by atoms with van der Waals surface area (Å²) in [5.74, 6) is -1.40. The topological polar surface area (TPSA) is 72.8 Å². The van der Waals surface area contributed by atoms with Crippen LogP contribution in [-0.4, -0.2) is 30.3 Å². The van der Waals surface area contributed by atoms with Crippen LogP contribution in [0.5, 0.6) is 5.75 Å². The Labute approximate surface area is 115 Å². The summed E-state index contributed by atoms with van der Waals surface area (Å²) in [5, 5.41) is 8.89. The minimum absolute atomic E-state index is 0.236. The molecule has 0 aliphatic rings. The van der Waals surface area contributed by atoms with E-state index in [0.717, 1.165) is 6.08 Å². The number of halogens is 1. The van der Waals surface area contributed by atoms with Crippen molar-refractivity contribution in [2.75, 3.05) is 7.11 Å². The summed E-state index contributed by atoms with van der Waals surface area (Å²) < 4.78 is 9.95. The molecule has 1 rings (SSSR count). The molecule has 0 spiro atoms. The van der Waals surface area contributed by atoms with Crippen LogP contribution in [0, 0.1) is 0 Å². The van der Waals surface area contributed by atoms with Crippen LogP contribution in [0.3, 0.4) is 0 Å². The molecule has 0 aliphatic carbocycles. The minimum Gasteiger partial charge on any atom is -0.478 e. The van der Waals surface area contributed by atoms with E-state index in [-0.39, 0.29) is 10.8 Å². The lowest BCUT2D eigenvalue weighted by Gasteiger charge is -2.15. The average Bonchev–Trinajstić information content (AvgIpc) is 2.38. The maximum Gasteiger partial charge on any atom is 0.346 e. The molecule has 0 saturated heterocycles. The van der Waals surface area contributed by atoms with Crippen molar-refractivity contribution in [1.29, 1.82) is 0 Å². The molecule has 1 aromatic carbocycles. The van der Waals surface area contributed by atoms with E-state index in [0.29, 0.717) is 5.56 Å². The second-order valence-corrected chi connectivity index (χ2v) is 4.02. The molecule has 0 amide bonds. The standard InChI is InChI=1S/C13H13ClO5/c1-8(13(17)18-2)19-12-9(6-7-11(15)16)4-3-5-10(12)14/h3-8H,1-2H3,(H,15,16)/b7-6+. The first-order chi connectivity index (χ1) is 8.95. The Morgan fingerprint density at radius 3 is 2.68 bits per heavy atom. The highest BCUT2D eigenvalue weighted by molar-refractivity contribution is 6.32. The SMILES string of the molecule is COC(=O)C(C)Oc1c(Cl)cccc1/C=C/C(=O)O. The maximum atomic E-state index is 11.3. The molecule has 0 bridgehead atoms. The van der Waals surface area contributed by atoms with E-state index in [1.54, 1.807) is 18.2 Å². The third-order valence-electron chi connectivity index (χ3n) is 2.23. The van der Waals surface area contributed by atoms with Crippen molar-refractivity contribution in [2.45, 2.75) is 13.0 Å². The van der Waals surface area contributed by atoms with Crippen molar-refractivity contribution in [1.82, 2.24) is 0 Å². The average molecular weight is 285 g/mol. The Morgan fingerprint density at radius 2 is 2.11 bits per heavy atom. The molecule has 0 saturated carbocycles. The van der Waals surface area contributed by atoms with Gasteiger partial charge in [-0.25, -0.2) is 9.59 Å².